The van der Waals surface area contributed by atoms with Gasteiger partial charge in [0, 0.05) is 21.7 Å². The van der Waals surface area contributed by atoms with Gasteiger partial charge >= 0.3 is 0 Å². The molecule has 0 fully saturated rings. The zero-order chi connectivity index (χ0) is 25.5. The number of hydrogen-bond donors (Lipinski definition) is 0. The molecule has 0 aliphatic heterocycles. The van der Waals surface area contributed by atoms with E-state index in [1.807, 2.05) is 0 Å². The first-order valence-electron chi connectivity index (χ1n) is 13.7. The molecule has 0 amide bonds. The molecule has 0 spiro atoms. The van der Waals surface area contributed by atoms with E-state index < -0.39 is 0 Å². The van der Waals surface area contributed by atoms with Crippen molar-refractivity contribution in [3.8, 4) is 22.3 Å². The highest BCUT2D eigenvalue weighted by Crippen LogP contribution is 2.68. The Morgan fingerprint density at radius 1 is 0.417 bits per heavy atom. The van der Waals surface area contributed by atoms with Crippen LogP contribution in [0, 0.1) is 0 Å². The Labute approximate surface area is 217 Å². The molecule has 0 unspecified atom stereocenters. The maximum Gasteiger partial charge on any atom is 0.139 e. The fourth-order valence-electron chi connectivity index (χ4n) is 9.06. The van der Waals surface area contributed by atoms with Crippen molar-refractivity contribution in [2.75, 3.05) is 0 Å². The van der Waals surface area contributed by atoms with Gasteiger partial charge in [-0.3, -0.25) is 0 Å². The summed E-state index contributed by atoms with van der Waals surface area (Å²) in [5.41, 5.74) is 21.2. The number of rotatable bonds is 0. The van der Waals surface area contributed by atoms with Crippen molar-refractivity contribution in [3.63, 3.8) is 0 Å². The van der Waals surface area contributed by atoms with Crippen LogP contribution < -0.4 is 10.9 Å². The molecule has 0 N–H and O–H groups in total. The van der Waals surface area contributed by atoms with Crippen molar-refractivity contribution in [2.45, 2.75) is 77.0 Å². The van der Waals surface area contributed by atoms with Crippen molar-refractivity contribution in [1.29, 1.82) is 0 Å². The number of benzene rings is 4. The standard InChI is InChI=1S/C34H34B2/c1-31(2)17-9-10-18-26-25(17)27-23-19(31)11-15(35)13-21(23)33(5,6)29(27)30-28(26)24-20(32(18,3)4)12-16(36)14-22(24)34(30,7)8/h9-14H,35-36H2,1-8H3. The van der Waals surface area contributed by atoms with Gasteiger partial charge in [0.2, 0.25) is 0 Å². The highest BCUT2D eigenvalue weighted by Gasteiger charge is 2.54. The van der Waals surface area contributed by atoms with E-state index in [1.54, 1.807) is 44.2 Å². The Hall–Kier alpha value is -2.73. The van der Waals surface area contributed by atoms with Gasteiger partial charge in [0.15, 0.2) is 0 Å². The molecule has 0 heterocycles. The summed E-state index contributed by atoms with van der Waals surface area (Å²) in [7, 11) is 4.58. The molecule has 4 aliphatic carbocycles. The molecule has 0 saturated heterocycles. The van der Waals surface area contributed by atoms with Crippen LogP contribution in [0.2, 0.25) is 0 Å². The Balaban J connectivity index is 1.75. The van der Waals surface area contributed by atoms with Crippen LogP contribution in [-0.4, -0.2) is 15.7 Å². The van der Waals surface area contributed by atoms with Gasteiger partial charge < -0.3 is 0 Å². The summed E-state index contributed by atoms with van der Waals surface area (Å²) >= 11 is 0. The molecule has 2 heteroatoms. The van der Waals surface area contributed by atoms with E-state index in [2.05, 4.69) is 107 Å². The summed E-state index contributed by atoms with van der Waals surface area (Å²) in [6.07, 6.45) is 0. The van der Waals surface area contributed by atoms with Crippen LogP contribution in [-0.2, 0) is 21.7 Å². The van der Waals surface area contributed by atoms with Crippen LogP contribution in [0.4, 0.5) is 0 Å². The second-order valence-corrected chi connectivity index (χ2v) is 14.4. The third-order valence-electron chi connectivity index (χ3n) is 10.8. The van der Waals surface area contributed by atoms with E-state index in [1.165, 1.54) is 44.3 Å². The van der Waals surface area contributed by atoms with Crippen LogP contribution in [0.15, 0.2) is 36.4 Å². The van der Waals surface area contributed by atoms with Crippen LogP contribution in [0.1, 0.15) is 99.9 Å². The van der Waals surface area contributed by atoms with Gasteiger partial charge in [-0.05, 0) is 77.5 Å². The lowest BCUT2D eigenvalue weighted by Gasteiger charge is -2.40. The Kier molecular flexibility index (Phi) is 3.31. The molecule has 0 saturated carbocycles. The number of fused-ring (bicyclic) bond motifs is 1. The van der Waals surface area contributed by atoms with Crippen molar-refractivity contribution in [2.24, 2.45) is 0 Å². The van der Waals surface area contributed by atoms with Crippen LogP contribution in [0.3, 0.4) is 0 Å². The molecule has 0 nitrogen and oxygen atoms in total. The van der Waals surface area contributed by atoms with Gasteiger partial charge in [-0.25, -0.2) is 0 Å². The average molecular weight is 464 g/mol. The second-order valence-electron chi connectivity index (χ2n) is 14.4. The minimum atomic E-state index is -0.0271. The molecule has 8 rings (SSSR count). The van der Waals surface area contributed by atoms with Gasteiger partial charge in [-0.15, -0.1) is 0 Å². The zero-order valence-corrected chi connectivity index (χ0v) is 23.5. The summed E-state index contributed by atoms with van der Waals surface area (Å²) in [5.74, 6) is 0. The Morgan fingerprint density at radius 3 is 1.06 bits per heavy atom. The third kappa shape index (κ3) is 1.92. The lowest BCUT2D eigenvalue weighted by atomic mass is 9.62. The van der Waals surface area contributed by atoms with Crippen LogP contribution in [0.5, 0.6) is 0 Å². The van der Waals surface area contributed by atoms with E-state index in [0.717, 1.165) is 0 Å². The quantitative estimate of drug-likeness (QED) is 0.312. The maximum absolute atomic E-state index is 2.50. The normalized spacial score (nSPS) is 20.8. The van der Waals surface area contributed by atoms with Gasteiger partial charge in [0.25, 0.3) is 0 Å². The van der Waals surface area contributed by atoms with Crippen molar-refractivity contribution < 1.29 is 0 Å². The van der Waals surface area contributed by atoms with E-state index >= 15 is 0 Å². The zero-order valence-electron chi connectivity index (χ0n) is 23.5. The monoisotopic (exact) mass is 464 g/mol. The average Bonchev–Trinajstić information content (AvgIpc) is 3.15. The summed E-state index contributed by atoms with van der Waals surface area (Å²) in [6, 6.07) is 14.9. The summed E-state index contributed by atoms with van der Waals surface area (Å²) < 4.78 is 0. The molecule has 36 heavy (non-hydrogen) atoms. The fraction of sp³-hybridized carbons (Fsp3) is 0.353. The fourth-order valence-corrected chi connectivity index (χ4v) is 9.06. The highest BCUT2D eigenvalue weighted by atomic mass is 14.6. The summed E-state index contributed by atoms with van der Waals surface area (Å²) in [4.78, 5) is 0. The first kappa shape index (κ1) is 21.4. The molecule has 0 bridgehead atoms. The van der Waals surface area contributed by atoms with Crippen molar-refractivity contribution in [3.05, 3.63) is 80.9 Å². The van der Waals surface area contributed by atoms with Crippen molar-refractivity contribution >= 4 is 37.4 Å². The number of hydrogen-bond acceptors (Lipinski definition) is 0. The predicted octanol–water partition coefficient (Wildman–Crippen LogP) is 5.25. The Bertz CT molecular complexity index is 1660. The molecule has 4 aromatic carbocycles. The molecule has 4 aromatic rings. The smallest absolute Gasteiger partial charge is 0.0883 e. The summed E-state index contributed by atoms with van der Waals surface area (Å²) in [6.45, 7) is 19.8. The van der Waals surface area contributed by atoms with Crippen LogP contribution in [0.25, 0.3) is 33.0 Å². The molecule has 0 atom stereocenters. The minimum Gasteiger partial charge on any atom is -0.0883 e. The topological polar surface area (TPSA) is 0 Å². The molecule has 4 aliphatic rings. The highest BCUT2D eigenvalue weighted by molar-refractivity contribution is 6.34. The van der Waals surface area contributed by atoms with Gasteiger partial charge in [0.05, 0.1) is 0 Å². The first-order valence-corrected chi connectivity index (χ1v) is 13.7. The van der Waals surface area contributed by atoms with Crippen molar-refractivity contribution in [1.82, 2.24) is 0 Å². The SMILES string of the molecule is Bc1cc2c3c(c1)C(C)(C)c1ccc4c5c6c(c(c-3c15)C2(C)C)C(C)(C)c1cc(B)cc(c1-6)C4(C)C. The molecule has 176 valence electrons. The van der Waals surface area contributed by atoms with E-state index in [4.69, 9.17) is 0 Å². The van der Waals surface area contributed by atoms with Gasteiger partial charge in [-0.1, -0.05) is 103 Å². The molecule has 0 aromatic heterocycles. The van der Waals surface area contributed by atoms with Gasteiger partial charge in [-0.2, -0.15) is 0 Å². The van der Waals surface area contributed by atoms with E-state index in [9.17, 15) is 0 Å². The van der Waals surface area contributed by atoms with E-state index in [0.29, 0.717) is 0 Å². The molecular weight excluding hydrogens is 430 g/mol. The largest absolute Gasteiger partial charge is 0.139 e. The third-order valence-corrected chi connectivity index (χ3v) is 10.8. The minimum absolute atomic E-state index is 0.0256. The lowest BCUT2D eigenvalue weighted by Crippen LogP contribution is -2.29. The Morgan fingerprint density at radius 2 is 0.722 bits per heavy atom. The van der Waals surface area contributed by atoms with Gasteiger partial charge in [0.1, 0.15) is 15.7 Å². The lowest BCUT2D eigenvalue weighted by molar-refractivity contribution is 0.601. The van der Waals surface area contributed by atoms with E-state index in [-0.39, 0.29) is 21.7 Å². The first-order chi connectivity index (χ1) is 16.7. The predicted molar refractivity (Wildman–Crippen MR) is 160 cm³/mol. The molecule has 0 radical (unpaired) electrons. The second kappa shape index (κ2) is 5.57. The maximum atomic E-state index is 2.50. The molecular formula is C34H34B2. The van der Waals surface area contributed by atoms with Crippen LogP contribution >= 0.6 is 0 Å². The summed E-state index contributed by atoms with van der Waals surface area (Å²) in [5, 5.41) is 3.11.